The Morgan fingerprint density at radius 1 is 1.05 bits per heavy atom. The molecular weight excluding hydrogens is 278 g/mol. The maximum absolute atomic E-state index is 12.4. The first kappa shape index (κ1) is 12.7. The highest BCUT2D eigenvalue weighted by Crippen LogP contribution is 2.41. The lowest BCUT2D eigenvalue weighted by Gasteiger charge is -2.08. The monoisotopic (exact) mass is 293 g/mol. The minimum Gasteiger partial charge on any atom is -0.382 e. The zero-order chi connectivity index (χ0) is 14.2. The Kier molecular flexibility index (Phi) is 3.08. The van der Waals surface area contributed by atoms with E-state index in [2.05, 4.69) is 17.4 Å². The van der Waals surface area contributed by atoms with Crippen molar-refractivity contribution < 1.29 is 4.79 Å². The summed E-state index contributed by atoms with van der Waals surface area (Å²) in [7, 11) is 0. The van der Waals surface area contributed by atoms with Gasteiger partial charge in [0, 0.05) is 22.2 Å². The Hall–Kier alpha value is -2.00. The van der Waals surface area contributed by atoms with Crippen molar-refractivity contribution in [1.29, 1.82) is 0 Å². The molecule has 1 fully saturated rings. The Balaban J connectivity index is 1.68. The van der Waals surface area contributed by atoms with Crippen molar-refractivity contribution in [2.24, 2.45) is 0 Å². The fraction of sp³-hybridized carbons (Fsp3) is 0.167. The van der Waals surface area contributed by atoms with Crippen LogP contribution in [0.2, 0.25) is 0 Å². The Labute approximate surface area is 128 Å². The number of carbonyl (C=O) groups excluding carboxylic acids is 1. The summed E-state index contributed by atoms with van der Waals surface area (Å²) in [4.78, 5) is 14.3. The van der Waals surface area contributed by atoms with E-state index in [1.54, 1.807) is 11.8 Å². The van der Waals surface area contributed by atoms with Gasteiger partial charge >= 0.3 is 0 Å². The van der Waals surface area contributed by atoms with Gasteiger partial charge in [-0.3, -0.25) is 4.79 Å². The molecule has 1 aliphatic carbocycles. The van der Waals surface area contributed by atoms with Crippen LogP contribution in [-0.4, -0.2) is 11.8 Å². The maximum atomic E-state index is 12.4. The number of rotatable bonds is 3. The van der Waals surface area contributed by atoms with E-state index in [1.807, 2.05) is 42.5 Å². The molecule has 2 aromatic carbocycles. The number of benzene rings is 2. The SMILES string of the molecule is O=C1C(=Cc2ccccc2NC2CC2)Sc2ccccc21. The van der Waals surface area contributed by atoms with Crippen LogP contribution in [0.1, 0.15) is 28.8 Å². The molecule has 0 unspecified atom stereocenters. The fourth-order valence-electron chi connectivity index (χ4n) is 2.48. The molecular formula is C18H15NOS. The van der Waals surface area contributed by atoms with E-state index in [4.69, 9.17) is 0 Å². The number of hydrogen-bond donors (Lipinski definition) is 1. The van der Waals surface area contributed by atoms with E-state index in [1.165, 1.54) is 12.8 Å². The highest BCUT2D eigenvalue weighted by molar-refractivity contribution is 8.04. The molecule has 21 heavy (non-hydrogen) atoms. The fourth-order valence-corrected chi connectivity index (χ4v) is 3.52. The molecule has 0 atom stereocenters. The standard InChI is InChI=1S/C18H15NOS/c20-18-14-6-2-4-8-16(14)21-17(18)11-12-5-1-3-7-15(12)19-13-9-10-13/h1-8,11,13,19H,9-10H2. The number of ketones is 1. The van der Waals surface area contributed by atoms with E-state index < -0.39 is 0 Å². The molecule has 2 aromatic rings. The molecule has 1 N–H and O–H groups in total. The molecule has 4 rings (SSSR count). The van der Waals surface area contributed by atoms with Crippen LogP contribution < -0.4 is 5.32 Å². The van der Waals surface area contributed by atoms with E-state index >= 15 is 0 Å². The van der Waals surface area contributed by atoms with Crippen LogP contribution in [0.15, 0.2) is 58.3 Å². The predicted molar refractivity (Wildman–Crippen MR) is 87.7 cm³/mol. The van der Waals surface area contributed by atoms with Gasteiger partial charge in [0.05, 0.1) is 4.91 Å². The van der Waals surface area contributed by atoms with Gasteiger partial charge in [-0.25, -0.2) is 0 Å². The van der Waals surface area contributed by atoms with E-state index in [-0.39, 0.29) is 5.78 Å². The van der Waals surface area contributed by atoms with E-state index in [9.17, 15) is 4.79 Å². The first-order valence-corrected chi connectivity index (χ1v) is 8.02. The highest BCUT2D eigenvalue weighted by atomic mass is 32.2. The molecule has 1 aliphatic heterocycles. The molecule has 1 heterocycles. The summed E-state index contributed by atoms with van der Waals surface area (Å²) in [5, 5.41) is 3.53. The van der Waals surface area contributed by atoms with Gasteiger partial charge in [-0.05, 0) is 42.7 Å². The molecule has 2 aliphatic rings. The molecule has 3 heteroatoms. The van der Waals surface area contributed by atoms with Gasteiger partial charge in [0.15, 0.2) is 0 Å². The lowest BCUT2D eigenvalue weighted by atomic mass is 10.1. The van der Waals surface area contributed by atoms with Gasteiger partial charge in [0.2, 0.25) is 5.78 Å². The van der Waals surface area contributed by atoms with Crippen LogP contribution >= 0.6 is 11.8 Å². The van der Waals surface area contributed by atoms with Gasteiger partial charge in [-0.15, -0.1) is 0 Å². The van der Waals surface area contributed by atoms with Crippen molar-refractivity contribution in [3.63, 3.8) is 0 Å². The summed E-state index contributed by atoms with van der Waals surface area (Å²) >= 11 is 1.57. The molecule has 0 radical (unpaired) electrons. The third-order valence-corrected chi connectivity index (χ3v) is 4.86. The largest absolute Gasteiger partial charge is 0.382 e. The summed E-state index contributed by atoms with van der Waals surface area (Å²) in [5.41, 5.74) is 3.03. The van der Waals surface area contributed by atoms with Crippen LogP contribution in [0.5, 0.6) is 0 Å². The summed E-state index contributed by atoms with van der Waals surface area (Å²) in [5.74, 6) is 0.136. The third kappa shape index (κ3) is 2.49. The maximum Gasteiger partial charge on any atom is 0.200 e. The number of thioether (sulfide) groups is 1. The smallest absolute Gasteiger partial charge is 0.200 e. The number of nitrogens with one attached hydrogen (secondary N) is 1. The zero-order valence-electron chi connectivity index (χ0n) is 11.5. The summed E-state index contributed by atoms with van der Waals surface area (Å²) in [6, 6.07) is 16.6. The Morgan fingerprint density at radius 2 is 1.81 bits per heavy atom. The predicted octanol–water partition coefficient (Wildman–Crippen LogP) is 4.59. The van der Waals surface area contributed by atoms with E-state index in [0.717, 1.165) is 26.6 Å². The van der Waals surface area contributed by atoms with Crippen molar-refractivity contribution in [2.45, 2.75) is 23.8 Å². The average Bonchev–Trinajstić information content (AvgIpc) is 3.27. The second-order valence-corrected chi connectivity index (χ2v) is 6.53. The van der Waals surface area contributed by atoms with Gasteiger partial charge in [-0.2, -0.15) is 0 Å². The third-order valence-electron chi connectivity index (χ3n) is 3.76. The summed E-state index contributed by atoms with van der Waals surface area (Å²) in [6.45, 7) is 0. The van der Waals surface area contributed by atoms with Gasteiger partial charge in [0.25, 0.3) is 0 Å². The molecule has 0 saturated heterocycles. The number of carbonyl (C=O) groups is 1. The van der Waals surface area contributed by atoms with E-state index in [0.29, 0.717) is 6.04 Å². The van der Waals surface area contributed by atoms with Crippen LogP contribution in [0.3, 0.4) is 0 Å². The van der Waals surface area contributed by atoms with Crippen LogP contribution in [0.4, 0.5) is 5.69 Å². The minimum atomic E-state index is 0.136. The normalized spacial score (nSPS) is 18.9. The van der Waals surface area contributed by atoms with Crippen molar-refractivity contribution in [3.8, 4) is 0 Å². The molecule has 0 aromatic heterocycles. The molecule has 0 spiro atoms. The van der Waals surface area contributed by atoms with Gasteiger partial charge < -0.3 is 5.32 Å². The molecule has 0 amide bonds. The topological polar surface area (TPSA) is 29.1 Å². The number of fused-ring (bicyclic) bond motifs is 1. The highest BCUT2D eigenvalue weighted by Gasteiger charge is 2.26. The second kappa shape index (κ2) is 5.08. The molecule has 1 saturated carbocycles. The quantitative estimate of drug-likeness (QED) is 0.839. The lowest BCUT2D eigenvalue weighted by Crippen LogP contribution is -2.02. The Bertz CT molecular complexity index is 746. The average molecular weight is 293 g/mol. The van der Waals surface area contributed by atoms with Crippen LogP contribution in [0.25, 0.3) is 6.08 Å². The number of anilines is 1. The van der Waals surface area contributed by atoms with Crippen molar-refractivity contribution in [1.82, 2.24) is 0 Å². The van der Waals surface area contributed by atoms with Gasteiger partial charge in [-0.1, -0.05) is 42.1 Å². The molecule has 104 valence electrons. The second-order valence-electron chi connectivity index (χ2n) is 5.44. The van der Waals surface area contributed by atoms with Crippen molar-refractivity contribution in [2.75, 3.05) is 5.32 Å². The first-order valence-electron chi connectivity index (χ1n) is 7.20. The van der Waals surface area contributed by atoms with Gasteiger partial charge in [0.1, 0.15) is 0 Å². The Morgan fingerprint density at radius 3 is 2.62 bits per heavy atom. The lowest BCUT2D eigenvalue weighted by molar-refractivity contribution is 0.104. The number of hydrogen-bond acceptors (Lipinski definition) is 3. The van der Waals surface area contributed by atoms with Crippen LogP contribution in [-0.2, 0) is 0 Å². The molecule has 2 nitrogen and oxygen atoms in total. The van der Waals surface area contributed by atoms with Crippen LogP contribution in [0, 0.1) is 0 Å². The summed E-state index contributed by atoms with van der Waals surface area (Å²) < 4.78 is 0. The zero-order valence-corrected chi connectivity index (χ0v) is 12.3. The number of Topliss-reactive ketones (excluding diaryl/α,β-unsaturated/α-hetero) is 1. The summed E-state index contributed by atoms with van der Waals surface area (Å²) in [6.07, 6.45) is 4.49. The molecule has 0 bridgehead atoms. The number of para-hydroxylation sites is 1. The minimum absolute atomic E-state index is 0.136. The van der Waals surface area contributed by atoms with Crippen molar-refractivity contribution in [3.05, 3.63) is 64.6 Å². The number of allylic oxidation sites excluding steroid dienone is 1. The van der Waals surface area contributed by atoms with Crippen molar-refractivity contribution >= 4 is 29.3 Å². The first-order chi connectivity index (χ1) is 10.3.